The van der Waals surface area contributed by atoms with Gasteiger partial charge in [0.05, 0.1) is 37.1 Å². The Balaban J connectivity index is 1.17. The van der Waals surface area contributed by atoms with Crippen LogP contribution in [0.3, 0.4) is 0 Å². The van der Waals surface area contributed by atoms with E-state index in [-0.39, 0.29) is 0 Å². The van der Waals surface area contributed by atoms with Gasteiger partial charge in [-0.05, 0) is 30.2 Å². The number of hydrogen-bond acceptors (Lipinski definition) is 8. The molecule has 0 radical (unpaired) electrons. The molecule has 10 heteroatoms. The fourth-order valence-electron chi connectivity index (χ4n) is 4.87. The molecular weight excluding hydrogens is 502 g/mol. The second-order valence-corrected chi connectivity index (χ2v) is 9.56. The van der Waals surface area contributed by atoms with Crippen LogP contribution in [0.25, 0.3) is 27.8 Å². The molecule has 0 atom stereocenters. The number of aromatic nitrogens is 6. The van der Waals surface area contributed by atoms with Crippen molar-refractivity contribution in [3.8, 4) is 45.9 Å². The smallest absolute Gasteiger partial charge is 0.128 e. The molecule has 0 spiro atoms. The Morgan fingerprint density at radius 3 is 2.52 bits per heavy atom. The molecule has 40 heavy (non-hydrogen) atoms. The zero-order valence-electron chi connectivity index (χ0n) is 22.3. The first kappa shape index (κ1) is 25.1. The largest absolute Gasteiger partial charge is 0.497 e. The summed E-state index contributed by atoms with van der Waals surface area (Å²) in [5, 5.41) is 18.4. The number of pyridine rings is 3. The van der Waals surface area contributed by atoms with Crippen molar-refractivity contribution in [2.24, 2.45) is 7.05 Å². The Hall–Kier alpha value is -5.19. The lowest BCUT2D eigenvalue weighted by molar-refractivity contribution is 0.287. The van der Waals surface area contributed by atoms with Crippen LogP contribution in [0.2, 0.25) is 0 Å². The van der Waals surface area contributed by atoms with Crippen LogP contribution in [-0.4, -0.2) is 74.1 Å². The molecule has 0 saturated carbocycles. The lowest BCUT2D eigenvalue weighted by Crippen LogP contribution is -2.46. The third kappa shape index (κ3) is 5.08. The number of nitriles is 1. The summed E-state index contributed by atoms with van der Waals surface area (Å²) in [4.78, 5) is 13.7. The number of anilines is 1. The van der Waals surface area contributed by atoms with Crippen molar-refractivity contribution in [1.82, 2.24) is 34.3 Å². The first-order valence-corrected chi connectivity index (χ1v) is 12.9. The van der Waals surface area contributed by atoms with Gasteiger partial charge in [0.2, 0.25) is 0 Å². The Morgan fingerprint density at radius 1 is 0.925 bits per heavy atom. The van der Waals surface area contributed by atoms with Crippen LogP contribution >= 0.6 is 0 Å². The molecule has 0 bridgehead atoms. The quantitative estimate of drug-likeness (QED) is 0.320. The molecule has 0 N–H and O–H groups in total. The molecule has 6 heterocycles. The van der Waals surface area contributed by atoms with E-state index in [0.29, 0.717) is 17.8 Å². The highest BCUT2D eigenvalue weighted by Gasteiger charge is 2.19. The maximum absolute atomic E-state index is 9.70. The highest BCUT2D eigenvalue weighted by Crippen LogP contribution is 2.32. The van der Waals surface area contributed by atoms with Crippen LogP contribution in [0, 0.1) is 23.2 Å². The van der Waals surface area contributed by atoms with Crippen LogP contribution in [0.4, 0.5) is 5.82 Å². The van der Waals surface area contributed by atoms with Gasteiger partial charge in [0, 0.05) is 86.3 Å². The Bertz CT molecular complexity index is 1760. The Morgan fingerprint density at radius 2 is 1.80 bits per heavy atom. The summed E-state index contributed by atoms with van der Waals surface area (Å²) < 4.78 is 8.77. The third-order valence-electron chi connectivity index (χ3n) is 7.01. The second-order valence-electron chi connectivity index (χ2n) is 9.56. The number of hydrogen-bond donors (Lipinski definition) is 0. The topological polar surface area (TPSA) is 100 Å². The average Bonchev–Trinajstić information content (AvgIpc) is 3.63. The highest BCUT2D eigenvalue weighted by atomic mass is 16.5. The number of piperazine rings is 1. The first-order chi connectivity index (χ1) is 19.6. The van der Waals surface area contributed by atoms with Crippen LogP contribution in [0.1, 0.15) is 11.3 Å². The second kappa shape index (κ2) is 10.9. The maximum Gasteiger partial charge on any atom is 0.128 e. The van der Waals surface area contributed by atoms with Gasteiger partial charge in [0.1, 0.15) is 23.3 Å². The van der Waals surface area contributed by atoms with Gasteiger partial charge in [-0.3, -0.25) is 9.58 Å². The normalized spacial score (nSPS) is 13.6. The standard InChI is InChI=1S/C30H27N9O/c1-36-20-25(19-34-36)23-14-28(30-24(16-31)18-35-39(30)21-23)22-5-6-29(33-17-22)38-12-10-37(11-13-38)9-3-4-26-15-27(40-2)7-8-32-26/h5-8,14-15,17-21H,9-13H2,1-2H3. The summed E-state index contributed by atoms with van der Waals surface area (Å²) in [5.41, 5.74) is 5.78. The van der Waals surface area contributed by atoms with Gasteiger partial charge in [-0.1, -0.05) is 5.92 Å². The number of fused-ring (bicyclic) bond motifs is 1. The minimum atomic E-state index is 0.526. The monoisotopic (exact) mass is 529 g/mol. The highest BCUT2D eigenvalue weighted by molar-refractivity contribution is 5.87. The van der Waals surface area contributed by atoms with E-state index in [0.717, 1.165) is 65.5 Å². The molecule has 5 aromatic heterocycles. The zero-order valence-corrected chi connectivity index (χ0v) is 22.3. The van der Waals surface area contributed by atoms with E-state index in [1.165, 1.54) is 0 Å². The lowest BCUT2D eigenvalue weighted by Gasteiger charge is -2.34. The van der Waals surface area contributed by atoms with Crippen molar-refractivity contribution in [2.45, 2.75) is 0 Å². The third-order valence-corrected chi connectivity index (χ3v) is 7.01. The number of aryl methyl sites for hydroxylation is 1. The Kier molecular flexibility index (Phi) is 6.84. The summed E-state index contributed by atoms with van der Waals surface area (Å²) in [7, 11) is 3.53. The molecule has 5 aromatic rings. The van der Waals surface area contributed by atoms with E-state index in [4.69, 9.17) is 9.72 Å². The molecule has 0 aromatic carbocycles. The van der Waals surface area contributed by atoms with Gasteiger partial charge < -0.3 is 9.64 Å². The van der Waals surface area contributed by atoms with Crippen molar-refractivity contribution in [3.63, 3.8) is 0 Å². The van der Waals surface area contributed by atoms with Crippen molar-refractivity contribution in [3.05, 3.63) is 78.8 Å². The van der Waals surface area contributed by atoms with E-state index in [2.05, 4.69) is 61.1 Å². The SMILES string of the molecule is COc1ccnc(C#CCN2CCN(c3ccc(-c4cc(-c5cnn(C)c5)cn5ncc(C#N)c45)cn3)CC2)c1. The summed E-state index contributed by atoms with van der Waals surface area (Å²) in [6, 6.07) is 12.1. The molecule has 6 rings (SSSR count). The molecule has 1 fully saturated rings. The molecule has 0 unspecified atom stereocenters. The fourth-order valence-corrected chi connectivity index (χ4v) is 4.87. The Labute approximate surface area is 232 Å². The summed E-state index contributed by atoms with van der Waals surface area (Å²) in [6.07, 6.45) is 10.9. The number of nitrogens with zero attached hydrogens (tertiary/aromatic N) is 9. The van der Waals surface area contributed by atoms with Gasteiger partial charge in [0.25, 0.3) is 0 Å². The van der Waals surface area contributed by atoms with Gasteiger partial charge in [-0.2, -0.15) is 15.5 Å². The first-order valence-electron chi connectivity index (χ1n) is 12.9. The van der Waals surface area contributed by atoms with E-state index in [9.17, 15) is 5.26 Å². The molecular formula is C30H27N9O. The van der Waals surface area contributed by atoms with Crippen molar-refractivity contribution >= 4 is 11.3 Å². The molecule has 1 aliphatic heterocycles. The van der Waals surface area contributed by atoms with Crippen LogP contribution in [0.15, 0.2) is 67.5 Å². The minimum absolute atomic E-state index is 0.526. The van der Waals surface area contributed by atoms with Crippen LogP contribution < -0.4 is 9.64 Å². The van der Waals surface area contributed by atoms with Crippen molar-refractivity contribution < 1.29 is 4.74 Å². The molecule has 0 aliphatic carbocycles. The van der Waals surface area contributed by atoms with E-state index in [1.54, 1.807) is 28.7 Å². The molecule has 10 nitrogen and oxygen atoms in total. The van der Waals surface area contributed by atoms with Gasteiger partial charge in [-0.25, -0.2) is 14.5 Å². The summed E-state index contributed by atoms with van der Waals surface area (Å²) in [6.45, 7) is 4.23. The van der Waals surface area contributed by atoms with Gasteiger partial charge >= 0.3 is 0 Å². The van der Waals surface area contributed by atoms with Crippen LogP contribution in [0.5, 0.6) is 5.75 Å². The summed E-state index contributed by atoms with van der Waals surface area (Å²) >= 11 is 0. The average molecular weight is 530 g/mol. The number of methoxy groups -OCH3 is 1. The number of rotatable bonds is 5. The fraction of sp³-hybridized carbons (Fsp3) is 0.233. The van der Waals surface area contributed by atoms with Crippen LogP contribution in [-0.2, 0) is 7.05 Å². The van der Waals surface area contributed by atoms with Gasteiger partial charge in [-0.15, -0.1) is 0 Å². The summed E-state index contributed by atoms with van der Waals surface area (Å²) in [5.74, 6) is 8.05. The van der Waals surface area contributed by atoms with Gasteiger partial charge in [0.15, 0.2) is 0 Å². The maximum atomic E-state index is 9.70. The minimum Gasteiger partial charge on any atom is -0.497 e. The lowest BCUT2D eigenvalue weighted by atomic mass is 10.0. The van der Waals surface area contributed by atoms with E-state index < -0.39 is 0 Å². The predicted octanol–water partition coefficient (Wildman–Crippen LogP) is 3.25. The predicted molar refractivity (Wildman–Crippen MR) is 152 cm³/mol. The number of ether oxygens (including phenoxy) is 1. The van der Waals surface area contributed by atoms with Crippen molar-refractivity contribution in [2.75, 3.05) is 44.7 Å². The zero-order chi connectivity index (χ0) is 27.5. The van der Waals surface area contributed by atoms with E-state index >= 15 is 0 Å². The molecule has 198 valence electrons. The molecule has 1 saturated heterocycles. The molecule has 0 amide bonds. The van der Waals surface area contributed by atoms with E-state index in [1.807, 2.05) is 44.0 Å². The molecule has 1 aliphatic rings. The van der Waals surface area contributed by atoms with Crippen molar-refractivity contribution in [1.29, 1.82) is 5.26 Å².